The van der Waals surface area contributed by atoms with Crippen molar-refractivity contribution >= 4 is 23.6 Å². The molecule has 0 aromatic heterocycles. The van der Waals surface area contributed by atoms with Crippen LogP contribution in [0.5, 0.6) is 17.2 Å². The van der Waals surface area contributed by atoms with E-state index in [1.165, 1.54) is 6.08 Å². The maximum atomic E-state index is 11.6. The molecular weight excluding hydrogens is 294 g/mol. The summed E-state index contributed by atoms with van der Waals surface area (Å²) in [6, 6.07) is 3.54. The Bertz CT molecular complexity index is 477. The maximum Gasteiger partial charge on any atom is 0.243 e. The van der Waals surface area contributed by atoms with Gasteiger partial charge in [-0.3, -0.25) is 4.79 Å². The summed E-state index contributed by atoms with van der Waals surface area (Å²) in [6.07, 6.45) is 3.88. The second kappa shape index (κ2) is 9.13. The monoisotopic (exact) mass is 313 g/mol. The molecule has 0 fully saturated rings. The first-order valence-corrected chi connectivity index (χ1v) is 7.01. The number of carbonyl (C=O) groups is 1. The van der Waals surface area contributed by atoms with E-state index in [0.717, 1.165) is 12.0 Å². The molecule has 5 nitrogen and oxygen atoms in total. The Morgan fingerprint density at radius 1 is 1.19 bits per heavy atom. The summed E-state index contributed by atoms with van der Waals surface area (Å²) in [6.45, 7) is 0.557. The molecule has 0 spiro atoms. The smallest absolute Gasteiger partial charge is 0.243 e. The zero-order chi connectivity index (χ0) is 15.7. The van der Waals surface area contributed by atoms with Gasteiger partial charge in [-0.25, -0.2) is 0 Å². The minimum absolute atomic E-state index is 0.172. The third-order valence-corrected chi connectivity index (χ3v) is 2.99. The lowest BCUT2D eigenvalue weighted by Crippen LogP contribution is -2.22. The summed E-state index contributed by atoms with van der Waals surface area (Å²) >= 11 is 5.54. The number of nitrogens with one attached hydrogen (secondary N) is 1. The number of hydrogen-bond donors (Lipinski definition) is 1. The van der Waals surface area contributed by atoms with Gasteiger partial charge >= 0.3 is 0 Å². The van der Waals surface area contributed by atoms with Crippen LogP contribution in [0.2, 0.25) is 0 Å². The summed E-state index contributed by atoms with van der Waals surface area (Å²) < 4.78 is 15.7. The molecule has 0 saturated heterocycles. The predicted molar refractivity (Wildman–Crippen MR) is 83.5 cm³/mol. The van der Waals surface area contributed by atoms with Crippen molar-refractivity contribution in [2.75, 3.05) is 33.8 Å². The number of benzene rings is 1. The van der Waals surface area contributed by atoms with Crippen LogP contribution in [0.3, 0.4) is 0 Å². The summed E-state index contributed by atoms with van der Waals surface area (Å²) in [5.74, 6) is 1.95. The molecule has 21 heavy (non-hydrogen) atoms. The molecule has 116 valence electrons. The second-order valence-electron chi connectivity index (χ2n) is 4.13. The van der Waals surface area contributed by atoms with Gasteiger partial charge < -0.3 is 19.5 Å². The van der Waals surface area contributed by atoms with E-state index in [2.05, 4.69) is 5.32 Å². The molecule has 0 unspecified atom stereocenters. The zero-order valence-corrected chi connectivity index (χ0v) is 13.2. The van der Waals surface area contributed by atoms with Crippen molar-refractivity contribution in [3.63, 3.8) is 0 Å². The molecular formula is C15H20ClNO4. The van der Waals surface area contributed by atoms with Crippen LogP contribution in [-0.4, -0.2) is 39.7 Å². The third-order valence-electron chi connectivity index (χ3n) is 2.72. The van der Waals surface area contributed by atoms with Crippen LogP contribution in [-0.2, 0) is 4.79 Å². The molecule has 1 amide bonds. The van der Waals surface area contributed by atoms with Crippen molar-refractivity contribution in [2.45, 2.75) is 6.42 Å². The average Bonchev–Trinajstić information content (AvgIpc) is 2.51. The van der Waals surface area contributed by atoms with Crippen LogP contribution in [0.4, 0.5) is 0 Å². The van der Waals surface area contributed by atoms with Crippen LogP contribution >= 0.6 is 11.6 Å². The van der Waals surface area contributed by atoms with Gasteiger partial charge in [0, 0.05) is 18.5 Å². The molecule has 0 atom stereocenters. The van der Waals surface area contributed by atoms with E-state index >= 15 is 0 Å². The van der Waals surface area contributed by atoms with E-state index in [1.54, 1.807) is 39.5 Å². The van der Waals surface area contributed by atoms with Crippen molar-refractivity contribution < 1.29 is 19.0 Å². The Labute approximate surface area is 129 Å². The van der Waals surface area contributed by atoms with Crippen molar-refractivity contribution in [2.24, 2.45) is 0 Å². The average molecular weight is 314 g/mol. The highest BCUT2D eigenvalue weighted by Gasteiger charge is 2.12. The normalized spacial score (nSPS) is 10.5. The van der Waals surface area contributed by atoms with Crippen LogP contribution in [0, 0.1) is 0 Å². The predicted octanol–water partition coefficient (Wildman–Crippen LogP) is 2.47. The van der Waals surface area contributed by atoms with Gasteiger partial charge in [-0.15, -0.1) is 11.6 Å². The fraction of sp³-hybridized carbons (Fsp3) is 0.400. The summed E-state index contributed by atoms with van der Waals surface area (Å²) in [4.78, 5) is 11.6. The standard InChI is InChI=1S/C15H20ClNO4/c1-19-12-9-11(10-13(20-2)15(12)21-3)5-6-14(18)17-8-4-7-16/h5-6,9-10H,4,7-8H2,1-3H3,(H,17,18). The lowest BCUT2D eigenvalue weighted by molar-refractivity contribution is -0.116. The number of hydrogen-bond acceptors (Lipinski definition) is 4. The Morgan fingerprint density at radius 2 is 1.81 bits per heavy atom. The van der Waals surface area contributed by atoms with Gasteiger partial charge in [0.05, 0.1) is 21.3 Å². The van der Waals surface area contributed by atoms with E-state index in [4.69, 9.17) is 25.8 Å². The van der Waals surface area contributed by atoms with Gasteiger partial charge in [0.2, 0.25) is 11.7 Å². The molecule has 0 aliphatic carbocycles. The van der Waals surface area contributed by atoms with Crippen LogP contribution in [0.1, 0.15) is 12.0 Å². The highest BCUT2D eigenvalue weighted by molar-refractivity contribution is 6.17. The number of halogens is 1. The largest absolute Gasteiger partial charge is 0.493 e. The SMILES string of the molecule is COc1cc(C=CC(=O)NCCCCl)cc(OC)c1OC. The quantitative estimate of drug-likeness (QED) is 0.455. The van der Waals surface area contributed by atoms with Gasteiger partial charge in [-0.2, -0.15) is 0 Å². The molecule has 1 aromatic rings. The van der Waals surface area contributed by atoms with Crippen molar-refractivity contribution in [3.05, 3.63) is 23.8 Å². The summed E-state index contributed by atoms with van der Waals surface area (Å²) in [5.41, 5.74) is 0.775. The Hall–Kier alpha value is -1.88. The number of carbonyl (C=O) groups excluding carboxylic acids is 1. The third kappa shape index (κ3) is 5.19. The summed E-state index contributed by atoms with van der Waals surface area (Å²) in [5, 5.41) is 2.74. The van der Waals surface area contributed by atoms with E-state index < -0.39 is 0 Å². The number of rotatable bonds is 8. The first-order valence-electron chi connectivity index (χ1n) is 6.48. The van der Waals surface area contributed by atoms with E-state index in [0.29, 0.717) is 29.7 Å². The Morgan fingerprint density at radius 3 is 2.29 bits per heavy atom. The van der Waals surface area contributed by atoms with Crippen molar-refractivity contribution in [1.29, 1.82) is 0 Å². The van der Waals surface area contributed by atoms with Crippen molar-refractivity contribution in [3.8, 4) is 17.2 Å². The van der Waals surface area contributed by atoms with Crippen LogP contribution in [0.15, 0.2) is 18.2 Å². The maximum absolute atomic E-state index is 11.6. The molecule has 1 N–H and O–H groups in total. The molecule has 1 aromatic carbocycles. The van der Waals surface area contributed by atoms with E-state index in [-0.39, 0.29) is 5.91 Å². The molecule has 0 bridgehead atoms. The summed E-state index contributed by atoms with van der Waals surface area (Å²) in [7, 11) is 4.63. The fourth-order valence-electron chi connectivity index (χ4n) is 1.71. The van der Waals surface area contributed by atoms with Gasteiger partial charge in [-0.05, 0) is 30.2 Å². The Balaban J connectivity index is 2.86. The van der Waals surface area contributed by atoms with Crippen molar-refractivity contribution in [1.82, 2.24) is 5.32 Å². The number of methoxy groups -OCH3 is 3. The van der Waals surface area contributed by atoms with Crippen LogP contribution in [0.25, 0.3) is 6.08 Å². The van der Waals surface area contributed by atoms with Gasteiger partial charge in [0.25, 0.3) is 0 Å². The van der Waals surface area contributed by atoms with E-state index in [1.807, 2.05) is 0 Å². The molecule has 0 aliphatic rings. The zero-order valence-electron chi connectivity index (χ0n) is 12.4. The van der Waals surface area contributed by atoms with Gasteiger partial charge in [-0.1, -0.05) is 0 Å². The van der Waals surface area contributed by atoms with Crippen LogP contribution < -0.4 is 19.5 Å². The molecule has 1 rings (SSSR count). The number of ether oxygens (including phenoxy) is 3. The minimum Gasteiger partial charge on any atom is -0.493 e. The highest BCUT2D eigenvalue weighted by atomic mass is 35.5. The molecule has 0 heterocycles. The first kappa shape index (κ1) is 17.2. The molecule has 6 heteroatoms. The molecule has 0 saturated carbocycles. The lowest BCUT2D eigenvalue weighted by atomic mass is 10.1. The highest BCUT2D eigenvalue weighted by Crippen LogP contribution is 2.38. The first-order chi connectivity index (χ1) is 10.2. The number of alkyl halides is 1. The minimum atomic E-state index is -0.172. The molecule has 0 radical (unpaired) electrons. The van der Waals surface area contributed by atoms with Gasteiger partial charge in [0.1, 0.15) is 0 Å². The molecule has 0 aliphatic heterocycles. The topological polar surface area (TPSA) is 56.8 Å². The van der Waals surface area contributed by atoms with E-state index in [9.17, 15) is 4.79 Å². The number of amides is 1. The fourth-order valence-corrected chi connectivity index (χ4v) is 1.84. The Kier molecular flexibility index (Phi) is 7.46. The van der Waals surface area contributed by atoms with Gasteiger partial charge in [0.15, 0.2) is 11.5 Å². The second-order valence-corrected chi connectivity index (χ2v) is 4.50. The lowest BCUT2D eigenvalue weighted by Gasteiger charge is -2.12.